The van der Waals surface area contributed by atoms with Crippen LogP contribution in [0.3, 0.4) is 0 Å². The molecule has 3 rings (SSSR count). The number of carbonyl (C=O) groups excluding carboxylic acids is 1. The highest BCUT2D eigenvalue weighted by Gasteiger charge is 2.20. The first kappa shape index (κ1) is 18.0. The van der Waals surface area contributed by atoms with Crippen LogP contribution in [0.4, 0.5) is 22.2 Å². The van der Waals surface area contributed by atoms with Gasteiger partial charge in [0.2, 0.25) is 0 Å². The summed E-state index contributed by atoms with van der Waals surface area (Å²) in [4.78, 5) is 17.3. The molecule has 0 spiro atoms. The Kier molecular flexibility index (Phi) is 4.97. The number of rotatable bonds is 5. The highest BCUT2D eigenvalue weighted by molar-refractivity contribution is 7.15. The number of pyridine rings is 1. The van der Waals surface area contributed by atoms with Gasteiger partial charge in [-0.05, 0) is 18.6 Å². The summed E-state index contributed by atoms with van der Waals surface area (Å²) in [5.74, 6) is 0.571. The zero-order chi connectivity index (χ0) is 18.8. The predicted molar refractivity (Wildman–Crippen MR) is 110 cm³/mol. The first-order valence-electron chi connectivity index (χ1n) is 8.13. The largest absolute Gasteiger partial charge is 0.389 e. The number of aryl methyl sites for hydroxylation is 1. The lowest BCUT2D eigenvalue weighted by atomic mass is 10.1. The Hall–Kier alpha value is -2.84. The summed E-state index contributed by atoms with van der Waals surface area (Å²) in [7, 11) is 5.43. The van der Waals surface area contributed by atoms with E-state index in [1.54, 1.807) is 23.6 Å². The van der Waals surface area contributed by atoms with Crippen molar-refractivity contribution in [1.29, 1.82) is 0 Å². The zero-order valence-corrected chi connectivity index (χ0v) is 16.0. The van der Waals surface area contributed by atoms with E-state index in [1.807, 2.05) is 39.2 Å². The Labute approximate surface area is 156 Å². The molecule has 1 aromatic carbocycles. The quantitative estimate of drug-likeness (QED) is 0.516. The molecule has 5 N–H and O–H groups in total. The standard InChI is InChI=1S/C18H22N6OS/c1-10-5-6-12-11(7-8-22-17(12)20-2)14(10)23-18(25)13-9-26-16(19)15(13)24(4)21-3/h5-9,21H,19H2,1-4H3,(H,20,22)(H,23,25). The molecule has 0 fully saturated rings. The van der Waals surface area contributed by atoms with Gasteiger partial charge in [-0.15, -0.1) is 11.3 Å². The molecule has 0 aliphatic carbocycles. The average Bonchev–Trinajstić information content (AvgIpc) is 3.04. The number of thiophene rings is 1. The van der Waals surface area contributed by atoms with Gasteiger partial charge in [0.15, 0.2) is 0 Å². The molecule has 0 aliphatic rings. The maximum absolute atomic E-state index is 13.0. The predicted octanol–water partition coefficient (Wildman–Crippen LogP) is 3.05. The molecule has 0 saturated heterocycles. The van der Waals surface area contributed by atoms with Crippen LogP contribution in [0, 0.1) is 6.92 Å². The lowest BCUT2D eigenvalue weighted by Crippen LogP contribution is -2.32. The number of nitrogens with two attached hydrogens (primary N) is 1. The van der Waals surface area contributed by atoms with Gasteiger partial charge in [-0.1, -0.05) is 12.1 Å². The van der Waals surface area contributed by atoms with Crippen molar-refractivity contribution in [1.82, 2.24) is 10.4 Å². The SMILES string of the molecule is CNc1nccc2c(NC(=O)c3csc(N)c3N(C)NC)c(C)ccc12. The highest BCUT2D eigenvalue weighted by atomic mass is 32.1. The topological polar surface area (TPSA) is 95.3 Å². The Bertz CT molecular complexity index is 968. The van der Waals surface area contributed by atoms with Crippen LogP contribution in [-0.2, 0) is 0 Å². The molecular formula is C18H22N6OS. The van der Waals surface area contributed by atoms with E-state index >= 15 is 0 Å². The third kappa shape index (κ3) is 3.04. The molecule has 0 aliphatic heterocycles. The van der Waals surface area contributed by atoms with Gasteiger partial charge >= 0.3 is 0 Å². The smallest absolute Gasteiger partial charge is 0.258 e. The van der Waals surface area contributed by atoms with E-state index in [9.17, 15) is 4.79 Å². The van der Waals surface area contributed by atoms with Crippen molar-refractivity contribution < 1.29 is 4.79 Å². The molecule has 7 nitrogen and oxygen atoms in total. The lowest BCUT2D eigenvalue weighted by molar-refractivity contribution is 0.102. The zero-order valence-electron chi connectivity index (χ0n) is 15.2. The number of fused-ring (bicyclic) bond motifs is 1. The number of hydrazine groups is 1. The van der Waals surface area contributed by atoms with E-state index in [0.717, 1.165) is 27.8 Å². The maximum Gasteiger partial charge on any atom is 0.258 e. The average molecular weight is 370 g/mol. The van der Waals surface area contributed by atoms with Gasteiger partial charge in [-0.2, -0.15) is 0 Å². The van der Waals surface area contributed by atoms with E-state index in [-0.39, 0.29) is 5.91 Å². The van der Waals surface area contributed by atoms with E-state index < -0.39 is 0 Å². The van der Waals surface area contributed by atoms with Crippen molar-refractivity contribution in [2.75, 3.05) is 42.5 Å². The summed E-state index contributed by atoms with van der Waals surface area (Å²) in [6.45, 7) is 1.97. The summed E-state index contributed by atoms with van der Waals surface area (Å²) in [6, 6.07) is 5.88. The molecule has 0 unspecified atom stereocenters. The molecule has 0 atom stereocenters. The summed E-state index contributed by atoms with van der Waals surface area (Å²) >= 11 is 1.34. The van der Waals surface area contributed by atoms with Crippen molar-refractivity contribution in [3.05, 3.63) is 40.9 Å². The van der Waals surface area contributed by atoms with Gasteiger partial charge < -0.3 is 21.4 Å². The lowest BCUT2D eigenvalue weighted by Gasteiger charge is -2.19. The summed E-state index contributed by atoms with van der Waals surface area (Å²) < 4.78 is 0. The number of nitrogen functional groups attached to an aromatic ring is 1. The summed E-state index contributed by atoms with van der Waals surface area (Å²) in [5.41, 5.74) is 12.0. The monoisotopic (exact) mass is 370 g/mol. The molecule has 3 aromatic rings. The van der Waals surface area contributed by atoms with Gasteiger partial charge in [0.25, 0.3) is 5.91 Å². The van der Waals surface area contributed by atoms with Crippen molar-refractivity contribution >= 4 is 50.2 Å². The third-order valence-electron chi connectivity index (χ3n) is 4.34. The highest BCUT2D eigenvalue weighted by Crippen LogP contribution is 2.35. The number of hydrogen-bond acceptors (Lipinski definition) is 7. The third-order valence-corrected chi connectivity index (χ3v) is 5.14. The molecule has 2 heterocycles. The minimum atomic E-state index is -0.200. The van der Waals surface area contributed by atoms with Gasteiger partial charge in [-0.25, -0.2) is 10.4 Å². The van der Waals surface area contributed by atoms with Gasteiger partial charge in [0, 0.05) is 43.5 Å². The van der Waals surface area contributed by atoms with Crippen molar-refractivity contribution in [3.8, 4) is 0 Å². The number of benzene rings is 1. The number of nitrogens with zero attached hydrogens (tertiary/aromatic N) is 2. The number of aromatic nitrogens is 1. The van der Waals surface area contributed by atoms with Crippen molar-refractivity contribution in [2.45, 2.75) is 6.92 Å². The van der Waals surface area contributed by atoms with Gasteiger partial charge in [0.05, 0.1) is 16.9 Å². The van der Waals surface area contributed by atoms with Crippen LogP contribution in [0.25, 0.3) is 10.8 Å². The minimum Gasteiger partial charge on any atom is -0.389 e. The maximum atomic E-state index is 13.0. The molecule has 0 bridgehead atoms. The van der Waals surface area contributed by atoms with Crippen LogP contribution in [-0.4, -0.2) is 32.0 Å². The molecule has 0 saturated carbocycles. The summed E-state index contributed by atoms with van der Waals surface area (Å²) in [6.07, 6.45) is 1.73. The Morgan fingerprint density at radius 2 is 2.00 bits per heavy atom. The number of amides is 1. The first-order chi connectivity index (χ1) is 12.5. The second-order valence-corrected chi connectivity index (χ2v) is 6.77. The van der Waals surface area contributed by atoms with E-state index in [0.29, 0.717) is 16.3 Å². The Balaban J connectivity index is 2.05. The number of anilines is 4. The number of hydrogen-bond donors (Lipinski definition) is 4. The minimum absolute atomic E-state index is 0.200. The van der Waals surface area contributed by atoms with E-state index in [2.05, 4.69) is 21.0 Å². The van der Waals surface area contributed by atoms with Crippen LogP contribution >= 0.6 is 11.3 Å². The van der Waals surface area contributed by atoms with E-state index in [1.165, 1.54) is 11.3 Å². The van der Waals surface area contributed by atoms with E-state index in [4.69, 9.17) is 5.73 Å². The fraction of sp³-hybridized carbons (Fsp3) is 0.222. The molecule has 26 heavy (non-hydrogen) atoms. The molecule has 2 aromatic heterocycles. The van der Waals surface area contributed by atoms with Crippen LogP contribution in [0.2, 0.25) is 0 Å². The molecular weight excluding hydrogens is 348 g/mol. The van der Waals surface area contributed by atoms with Crippen molar-refractivity contribution in [2.24, 2.45) is 0 Å². The van der Waals surface area contributed by atoms with Crippen molar-refractivity contribution in [3.63, 3.8) is 0 Å². The second-order valence-electron chi connectivity index (χ2n) is 5.86. The van der Waals surface area contributed by atoms with Gasteiger partial charge in [0.1, 0.15) is 10.8 Å². The van der Waals surface area contributed by atoms with Crippen LogP contribution in [0.15, 0.2) is 29.8 Å². The van der Waals surface area contributed by atoms with Crippen LogP contribution in [0.5, 0.6) is 0 Å². The first-order valence-corrected chi connectivity index (χ1v) is 9.01. The van der Waals surface area contributed by atoms with Crippen LogP contribution < -0.4 is 26.8 Å². The van der Waals surface area contributed by atoms with Gasteiger partial charge in [-0.3, -0.25) is 4.79 Å². The fourth-order valence-corrected chi connectivity index (χ4v) is 3.72. The Morgan fingerprint density at radius 1 is 1.23 bits per heavy atom. The molecule has 8 heteroatoms. The molecule has 0 radical (unpaired) electrons. The van der Waals surface area contributed by atoms with Crippen LogP contribution in [0.1, 0.15) is 15.9 Å². The number of nitrogens with one attached hydrogen (secondary N) is 3. The summed E-state index contributed by atoms with van der Waals surface area (Å²) in [5, 5.41) is 12.1. The Morgan fingerprint density at radius 3 is 2.69 bits per heavy atom. The normalized spacial score (nSPS) is 10.8. The molecule has 1 amide bonds. The number of carbonyl (C=O) groups is 1. The second kappa shape index (κ2) is 7.19. The fourth-order valence-electron chi connectivity index (χ4n) is 2.90. The molecule has 136 valence electrons.